The number of aryl methyl sites for hydroxylation is 1. The Labute approximate surface area is 215 Å². The molecule has 0 aliphatic heterocycles. The first-order valence-electron chi connectivity index (χ1n) is 12.1. The molecule has 0 saturated heterocycles. The predicted octanol–water partition coefficient (Wildman–Crippen LogP) is 2.24. The lowest BCUT2D eigenvalue weighted by Crippen LogP contribution is -2.49. The van der Waals surface area contributed by atoms with Gasteiger partial charge in [0.05, 0.1) is 0 Å². The number of benzene rings is 1. The van der Waals surface area contributed by atoms with Crippen molar-refractivity contribution in [3.05, 3.63) is 59.1 Å². The van der Waals surface area contributed by atoms with Crippen molar-refractivity contribution in [3.8, 4) is 17.0 Å². The number of rotatable bonds is 11. The van der Waals surface area contributed by atoms with E-state index in [1.165, 1.54) is 29.8 Å². The number of carbonyl (C=O) groups excluding carboxylic acids is 1. The molecule has 37 heavy (non-hydrogen) atoms. The molecule has 1 saturated carbocycles. The SMILES string of the molecule is CN(CCOc1ccc(-c2ccc3c(=O)n(CC[C@](C)(C(=O)NO)S(C)(=O)=O)ccc3c2)cn1)C1CC1. The summed E-state index contributed by atoms with van der Waals surface area (Å²) in [6.45, 7) is 2.65. The Balaban J connectivity index is 1.47. The molecule has 1 aliphatic rings. The van der Waals surface area contributed by atoms with Crippen LogP contribution in [-0.2, 0) is 21.2 Å². The number of hydrogen-bond donors (Lipinski definition) is 2. The number of pyridine rings is 2. The van der Waals surface area contributed by atoms with Gasteiger partial charge in [0, 0.05) is 54.8 Å². The zero-order chi connectivity index (χ0) is 26.8. The molecule has 2 aromatic heterocycles. The van der Waals surface area contributed by atoms with Gasteiger partial charge in [-0.15, -0.1) is 0 Å². The molecule has 0 bridgehead atoms. The van der Waals surface area contributed by atoms with Crippen LogP contribution in [0.2, 0.25) is 0 Å². The molecule has 1 atom stereocenters. The fraction of sp³-hybridized carbons (Fsp3) is 0.423. The minimum absolute atomic E-state index is 0.0185. The third-order valence-corrected chi connectivity index (χ3v) is 9.17. The van der Waals surface area contributed by atoms with Crippen LogP contribution in [0.15, 0.2) is 53.6 Å². The molecule has 1 aliphatic carbocycles. The lowest BCUT2D eigenvalue weighted by atomic mass is 10.0. The van der Waals surface area contributed by atoms with Crippen molar-refractivity contribution >= 4 is 26.5 Å². The van der Waals surface area contributed by atoms with Crippen LogP contribution in [0.1, 0.15) is 26.2 Å². The third kappa shape index (κ3) is 5.84. The molecular formula is C26H32N4O6S. The van der Waals surface area contributed by atoms with Gasteiger partial charge < -0.3 is 14.2 Å². The van der Waals surface area contributed by atoms with Gasteiger partial charge in [-0.1, -0.05) is 6.07 Å². The highest BCUT2D eigenvalue weighted by Gasteiger charge is 2.43. The van der Waals surface area contributed by atoms with Gasteiger partial charge in [-0.05, 0) is 68.4 Å². The molecule has 1 aromatic carbocycles. The monoisotopic (exact) mass is 528 g/mol. The molecule has 3 aromatic rings. The number of nitrogens with one attached hydrogen (secondary N) is 1. The van der Waals surface area contributed by atoms with Crippen molar-refractivity contribution in [2.75, 3.05) is 26.5 Å². The van der Waals surface area contributed by atoms with Crippen molar-refractivity contribution in [2.24, 2.45) is 0 Å². The lowest BCUT2D eigenvalue weighted by Gasteiger charge is -2.25. The average Bonchev–Trinajstić information content (AvgIpc) is 3.73. The number of fused-ring (bicyclic) bond motifs is 1. The lowest BCUT2D eigenvalue weighted by molar-refractivity contribution is -0.131. The van der Waals surface area contributed by atoms with E-state index >= 15 is 0 Å². The number of sulfone groups is 1. The first-order valence-corrected chi connectivity index (χ1v) is 14.0. The van der Waals surface area contributed by atoms with Gasteiger partial charge in [0.2, 0.25) is 5.88 Å². The molecule has 1 amide bonds. The number of ether oxygens (including phenoxy) is 1. The molecule has 2 N–H and O–H groups in total. The summed E-state index contributed by atoms with van der Waals surface area (Å²) in [5, 5.41) is 10.2. The summed E-state index contributed by atoms with van der Waals surface area (Å²) in [6, 6.07) is 11.7. The maximum absolute atomic E-state index is 13.1. The fourth-order valence-electron chi connectivity index (χ4n) is 4.19. The topological polar surface area (TPSA) is 131 Å². The summed E-state index contributed by atoms with van der Waals surface area (Å²) in [6.07, 6.45) is 6.57. The Morgan fingerprint density at radius 1 is 1.24 bits per heavy atom. The zero-order valence-electron chi connectivity index (χ0n) is 21.2. The number of likely N-dealkylation sites (N-methyl/N-ethyl adjacent to an activating group) is 1. The van der Waals surface area contributed by atoms with Crippen LogP contribution in [0, 0.1) is 0 Å². The standard InChI is InChI=1S/C26H32N4O6S/c1-26(25(32)28-33,37(3,34)35)11-13-30-12-10-19-16-18(4-8-22(19)24(30)31)20-5-9-23(27-17-20)36-15-14-29(2)21-6-7-21/h4-5,8-10,12,16-17,21,33H,6-7,11,13-15H2,1-3H3,(H,28,32)/t26-/m1/s1. The highest BCUT2D eigenvalue weighted by Crippen LogP contribution is 2.26. The van der Waals surface area contributed by atoms with E-state index in [9.17, 15) is 18.0 Å². The van der Waals surface area contributed by atoms with E-state index in [1.807, 2.05) is 24.3 Å². The van der Waals surface area contributed by atoms with Crippen molar-refractivity contribution in [2.45, 2.75) is 43.5 Å². The molecule has 0 radical (unpaired) electrons. The highest BCUT2D eigenvalue weighted by molar-refractivity contribution is 7.92. The second kappa shape index (κ2) is 10.6. The number of carbonyl (C=O) groups is 1. The van der Waals surface area contributed by atoms with Crippen LogP contribution in [-0.4, -0.2) is 71.2 Å². The van der Waals surface area contributed by atoms with Gasteiger partial charge in [-0.25, -0.2) is 18.9 Å². The van der Waals surface area contributed by atoms with Crippen LogP contribution in [0.4, 0.5) is 0 Å². The van der Waals surface area contributed by atoms with Gasteiger partial charge in [-0.2, -0.15) is 0 Å². The largest absolute Gasteiger partial charge is 0.476 e. The predicted molar refractivity (Wildman–Crippen MR) is 140 cm³/mol. The van der Waals surface area contributed by atoms with Crippen LogP contribution < -0.4 is 15.8 Å². The van der Waals surface area contributed by atoms with Gasteiger partial charge in [0.1, 0.15) is 6.61 Å². The molecule has 11 heteroatoms. The summed E-state index contributed by atoms with van der Waals surface area (Å²) < 4.78 is 29.6. The summed E-state index contributed by atoms with van der Waals surface area (Å²) in [7, 11) is -1.75. The Kier molecular flexibility index (Phi) is 7.67. The minimum Gasteiger partial charge on any atom is -0.476 e. The molecule has 4 rings (SSSR count). The van der Waals surface area contributed by atoms with E-state index < -0.39 is 20.5 Å². The van der Waals surface area contributed by atoms with Crippen molar-refractivity contribution in [1.29, 1.82) is 0 Å². The smallest absolute Gasteiger partial charge is 0.264 e. The summed E-state index contributed by atoms with van der Waals surface area (Å²) in [5.74, 6) is -0.475. The minimum atomic E-state index is -3.86. The fourth-order valence-corrected chi connectivity index (χ4v) is 5.04. The molecule has 1 fully saturated rings. The summed E-state index contributed by atoms with van der Waals surface area (Å²) in [5.41, 5.74) is 2.89. The quantitative estimate of drug-likeness (QED) is 0.286. The molecular weight excluding hydrogens is 496 g/mol. The van der Waals surface area contributed by atoms with E-state index in [4.69, 9.17) is 9.94 Å². The highest BCUT2D eigenvalue weighted by atomic mass is 32.2. The number of aromatic nitrogens is 2. The molecule has 0 unspecified atom stereocenters. The van der Waals surface area contributed by atoms with Crippen molar-refractivity contribution in [1.82, 2.24) is 19.9 Å². The zero-order valence-corrected chi connectivity index (χ0v) is 22.0. The van der Waals surface area contributed by atoms with Gasteiger partial charge >= 0.3 is 0 Å². The summed E-state index contributed by atoms with van der Waals surface area (Å²) >= 11 is 0. The first-order chi connectivity index (χ1) is 17.5. The Hall–Kier alpha value is -3.28. The Morgan fingerprint density at radius 3 is 2.59 bits per heavy atom. The van der Waals surface area contributed by atoms with E-state index in [0.29, 0.717) is 23.9 Å². The van der Waals surface area contributed by atoms with Crippen LogP contribution in [0.25, 0.3) is 21.9 Å². The van der Waals surface area contributed by atoms with Crippen molar-refractivity contribution in [3.63, 3.8) is 0 Å². The average molecular weight is 529 g/mol. The maximum Gasteiger partial charge on any atom is 0.264 e. The summed E-state index contributed by atoms with van der Waals surface area (Å²) in [4.78, 5) is 31.8. The second-order valence-electron chi connectivity index (χ2n) is 9.76. The maximum atomic E-state index is 13.1. The first kappa shape index (κ1) is 26.8. The Morgan fingerprint density at radius 2 is 1.97 bits per heavy atom. The van der Waals surface area contributed by atoms with Gasteiger partial charge in [0.25, 0.3) is 11.5 Å². The molecule has 2 heterocycles. The third-order valence-electron chi connectivity index (χ3n) is 7.14. The number of nitrogens with zero attached hydrogens (tertiary/aromatic N) is 3. The van der Waals surface area contributed by atoms with Crippen LogP contribution in [0.3, 0.4) is 0 Å². The van der Waals surface area contributed by atoms with Crippen LogP contribution >= 0.6 is 0 Å². The number of amides is 1. The van der Waals surface area contributed by atoms with E-state index in [1.54, 1.807) is 24.5 Å². The van der Waals surface area contributed by atoms with Gasteiger partial charge in [-0.3, -0.25) is 14.8 Å². The molecule has 10 nitrogen and oxygen atoms in total. The normalized spacial score (nSPS) is 15.5. The molecule has 0 spiro atoms. The number of hydroxylamine groups is 1. The van der Waals surface area contributed by atoms with Crippen molar-refractivity contribution < 1.29 is 23.2 Å². The Bertz CT molecular complexity index is 1450. The van der Waals surface area contributed by atoms with E-state index in [2.05, 4.69) is 16.9 Å². The number of hydrogen-bond acceptors (Lipinski definition) is 8. The molecule has 198 valence electrons. The second-order valence-corrected chi connectivity index (χ2v) is 12.2. The van der Waals surface area contributed by atoms with Gasteiger partial charge in [0.15, 0.2) is 14.6 Å². The van der Waals surface area contributed by atoms with Crippen LogP contribution in [0.5, 0.6) is 5.88 Å². The van der Waals surface area contributed by atoms with E-state index in [-0.39, 0.29) is 18.5 Å². The van der Waals surface area contributed by atoms with E-state index in [0.717, 1.165) is 29.3 Å².